The molecular formula is C16H15NO. The predicted octanol–water partition coefficient (Wildman–Crippen LogP) is 3.46. The van der Waals surface area contributed by atoms with Gasteiger partial charge in [-0.2, -0.15) is 0 Å². The number of rotatable bonds is 1. The van der Waals surface area contributed by atoms with Crippen molar-refractivity contribution in [3.8, 4) is 0 Å². The summed E-state index contributed by atoms with van der Waals surface area (Å²) in [4.78, 5) is 14.2. The van der Waals surface area contributed by atoms with Crippen LogP contribution in [0.25, 0.3) is 0 Å². The third-order valence-electron chi connectivity index (χ3n) is 3.34. The lowest BCUT2D eigenvalue weighted by Crippen LogP contribution is -2.23. The van der Waals surface area contributed by atoms with Gasteiger partial charge < -0.3 is 4.90 Å². The average Bonchev–Trinajstić information content (AvgIpc) is 2.66. The summed E-state index contributed by atoms with van der Waals surface area (Å²) < 4.78 is 0. The third kappa shape index (κ3) is 1.70. The number of anilines is 1. The molecule has 0 unspecified atom stereocenters. The lowest BCUT2D eigenvalue weighted by atomic mass is 10.1. The van der Waals surface area contributed by atoms with Crippen molar-refractivity contribution in [2.75, 3.05) is 4.90 Å². The Hall–Kier alpha value is -2.09. The van der Waals surface area contributed by atoms with Gasteiger partial charge in [0.25, 0.3) is 5.91 Å². The summed E-state index contributed by atoms with van der Waals surface area (Å²) in [5, 5.41) is 0. The Morgan fingerprint density at radius 1 is 1.00 bits per heavy atom. The van der Waals surface area contributed by atoms with E-state index >= 15 is 0 Å². The Balaban J connectivity index is 2.04. The number of benzene rings is 2. The van der Waals surface area contributed by atoms with Crippen LogP contribution in [-0.4, -0.2) is 5.91 Å². The summed E-state index contributed by atoms with van der Waals surface area (Å²) in [6.45, 7) is 4.80. The molecule has 0 aliphatic carbocycles. The molecule has 90 valence electrons. The minimum Gasteiger partial charge on any atom is -0.304 e. The molecule has 2 aromatic carbocycles. The molecule has 2 aromatic rings. The lowest BCUT2D eigenvalue weighted by Gasteiger charge is -2.17. The molecule has 1 aliphatic heterocycles. The molecule has 2 heteroatoms. The van der Waals surface area contributed by atoms with Gasteiger partial charge in [-0.25, -0.2) is 0 Å². The zero-order chi connectivity index (χ0) is 12.7. The monoisotopic (exact) mass is 237 g/mol. The number of hydrogen-bond acceptors (Lipinski definition) is 1. The molecule has 1 amide bonds. The van der Waals surface area contributed by atoms with Gasteiger partial charge in [0.15, 0.2) is 0 Å². The van der Waals surface area contributed by atoms with Crippen LogP contribution < -0.4 is 4.90 Å². The van der Waals surface area contributed by atoms with Crippen molar-refractivity contribution in [2.24, 2.45) is 0 Å². The van der Waals surface area contributed by atoms with Crippen LogP contribution >= 0.6 is 0 Å². The van der Waals surface area contributed by atoms with Crippen LogP contribution in [0, 0.1) is 13.8 Å². The second kappa shape index (κ2) is 3.98. The van der Waals surface area contributed by atoms with E-state index in [1.165, 1.54) is 11.1 Å². The Morgan fingerprint density at radius 2 is 1.67 bits per heavy atom. The molecule has 0 aromatic heterocycles. The summed E-state index contributed by atoms with van der Waals surface area (Å²) >= 11 is 0. The summed E-state index contributed by atoms with van der Waals surface area (Å²) in [7, 11) is 0. The maximum Gasteiger partial charge on any atom is 0.258 e. The maximum absolute atomic E-state index is 12.3. The van der Waals surface area contributed by atoms with Crippen molar-refractivity contribution in [3.05, 3.63) is 64.7 Å². The molecule has 1 aliphatic rings. The highest BCUT2D eigenvalue weighted by molar-refractivity contribution is 6.10. The first-order chi connectivity index (χ1) is 8.65. The zero-order valence-electron chi connectivity index (χ0n) is 10.6. The molecule has 0 saturated carbocycles. The zero-order valence-corrected chi connectivity index (χ0v) is 10.6. The van der Waals surface area contributed by atoms with E-state index in [0.29, 0.717) is 6.54 Å². The van der Waals surface area contributed by atoms with Gasteiger partial charge in [-0.3, -0.25) is 4.79 Å². The quantitative estimate of drug-likeness (QED) is 0.743. The Kier molecular flexibility index (Phi) is 2.44. The topological polar surface area (TPSA) is 20.3 Å². The smallest absolute Gasteiger partial charge is 0.258 e. The minimum absolute atomic E-state index is 0.107. The van der Waals surface area contributed by atoms with Crippen molar-refractivity contribution in [1.82, 2.24) is 0 Å². The summed E-state index contributed by atoms with van der Waals surface area (Å²) in [5.41, 5.74) is 5.31. The lowest BCUT2D eigenvalue weighted by molar-refractivity contribution is 0.0996. The van der Waals surface area contributed by atoms with E-state index < -0.39 is 0 Å². The molecule has 0 saturated heterocycles. The minimum atomic E-state index is 0.107. The van der Waals surface area contributed by atoms with Crippen molar-refractivity contribution >= 4 is 11.6 Å². The van der Waals surface area contributed by atoms with E-state index in [-0.39, 0.29) is 5.91 Å². The number of carbonyl (C=O) groups excluding carboxylic acids is 1. The number of fused-ring (bicyclic) bond motifs is 1. The molecule has 2 nitrogen and oxygen atoms in total. The summed E-state index contributed by atoms with van der Waals surface area (Å²) in [6, 6.07) is 14.1. The summed E-state index contributed by atoms with van der Waals surface area (Å²) in [5.74, 6) is 0.107. The van der Waals surface area contributed by atoms with Crippen LogP contribution in [0.15, 0.2) is 42.5 Å². The van der Waals surface area contributed by atoms with E-state index in [1.54, 1.807) is 0 Å². The van der Waals surface area contributed by atoms with Crippen molar-refractivity contribution < 1.29 is 4.79 Å². The standard InChI is InChI=1S/C16H15NO/c1-11-7-12(2)9-14(8-11)17-10-13-5-3-4-6-15(13)16(17)18/h3-9H,10H2,1-2H3. The molecular weight excluding hydrogens is 222 g/mol. The largest absolute Gasteiger partial charge is 0.304 e. The van der Waals surface area contributed by atoms with E-state index in [9.17, 15) is 4.79 Å². The van der Waals surface area contributed by atoms with Crippen molar-refractivity contribution in [2.45, 2.75) is 20.4 Å². The fraction of sp³-hybridized carbons (Fsp3) is 0.188. The van der Waals surface area contributed by atoms with E-state index in [1.807, 2.05) is 29.2 Å². The van der Waals surface area contributed by atoms with E-state index in [4.69, 9.17) is 0 Å². The van der Waals surface area contributed by atoms with Crippen LogP contribution in [-0.2, 0) is 6.54 Å². The Labute approximate surface area is 107 Å². The fourth-order valence-electron chi connectivity index (χ4n) is 2.57. The highest BCUT2D eigenvalue weighted by atomic mass is 16.2. The fourth-order valence-corrected chi connectivity index (χ4v) is 2.57. The molecule has 0 N–H and O–H groups in total. The predicted molar refractivity (Wildman–Crippen MR) is 72.9 cm³/mol. The number of aryl methyl sites for hydroxylation is 2. The Bertz CT molecular complexity index is 610. The van der Waals surface area contributed by atoms with Gasteiger partial charge in [-0.1, -0.05) is 24.3 Å². The number of nitrogens with zero attached hydrogens (tertiary/aromatic N) is 1. The molecule has 0 spiro atoms. The first-order valence-electron chi connectivity index (χ1n) is 6.13. The van der Waals surface area contributed by atoms with Crippen LogP contribution in [0.4, 0.5) is 5.69 Å². The molecule has 18 heavy (non-hydrogen) atoms. The number of hydrogen-bond donors (Lipinski definition) is 0. The van der Waals surface area contributed by atoms with Gasteiger partial charge in [-0.15, -0.1) is 0 Å². The van der Waals surface area contributed by atoms with Gasteiger partial charge in [-0.05, 0) is 48.7 Å². The SMILES string of the molecule is Cc1cc(C)cc(N2Cc3ccccc3C2=O)c1. The number of carbonyl (C=O) groups is 1. The maximum atomic E-state index is 12.3. The molecule has 0 bridgehead atoms. The van der Waals surface area contributed by atoms with E-state index in [2.05, 4.69) is 32.0 Å². The normalized spacial score (nSPS) is 13.9. The first-order valence-corrected chi connectivity index (χ1v) is 6.13. The van der Waals surface area contributed by atoms with Gasteiger partial charge >= 0.3 is 0 Å². The third-order valence-corrected chi connectivity index (χ3v) is 3.34. The van der Waals surface area contributed by atoms with Gasteiger partial charge in [0.05, 0.1) is 6.54 Å². The molecule has 0 atom stereocenters. The molecule has 1 heterocycles. The second-order valence-electron chi connectivity index (χ2n) is 4.89. The van der Waals surface area contributed by atoms with Gasteiger partial charge in [0.2, 0.25) is 0 Å². The average molecular weight is 237 g/mol. The van der Waals surface area contributed by atoms with E-state index in [0.717, 1.165) is 16.8 Å². The van der Waals surface area contributed by atoms with Crippen LogP contribution in [0.5, 0.6) is 0 Å². The van der Waals surface area contributed by atoms with Crippen LogP contribution in [0.2, 0.25) is 0 Å². The number of amides is 1. The highest BCUT2D eigenvalue weighted by Gasteiger charge is 2.27. The highest BCUT2D eigenvalue weighted by Crippen LogP contribution is 2.29. The van der Waals surface area contributed by atoms with Crippen molar-refractivity contribution in [1.29, 1.82) is 0 Å². The first kappa shape index (κ1) is 11.0. The second-order valence-corrected chi connectivity index (χ2v) is 4.89. The molecule has 3 rings (SSSR count). The van der Waals surface area contributed by atoms with Crippen LogP contribution in [0.3, 0.4) is 0 Å². The van der Waals surface area contributed by atoms with Gasteiger partial charge in [0.1, 0.15) is 0 Å². The molecule has 0 radical (unpaired) electrons. The Morgan fingerprint density at radius 3 is 2.33 bits per heavy atom. The van der Waals surface area contributed by atoms with Crippen molar-refractivity contribution in [3.63, 3.8) is 0 Å². The van der Waals surface area contributed by atoms with Crippen LogP contribution in [0.1, 0.15) is 27.0 Å². The molecule has 0 fully saturated rings. The van der Waals surface area contributed by atoms with Gasteiger partial charge in [0, 0.05) is 11.3 Å². The summed E-state index contributed by atoms with van der Waals surface area (Å²) in [6.07, 6.45) is 0.